The van der Waals surface area contributed by atoms with E-state index >= 15 is 0 Å². The molecule has 3 aromatic rings. The second-order valence-corrected chi connectivity index (χ2v) is 8.08. The predicted octanol–water partition coefficient (Wildman–Crippen LogP) is 5.03. The molecule has 0 bridgehead atoms. The summed E-state index contributed by atoms with van der Waals surface area (Å²) in [5.41, 5.74) is 2.47. The zero-order valence-corrected chi connectivity index (χ0v) is 19.2. The van der Waals surface area contributed by atoms with E-state index in [9.17, 15) is 14.4 Å². The highest BCUT2D eigenvalue weighted by Gasteiger charge is 2.08. The van der Waals surface area contributed by atoms with Crippen molar-refractivity contribution in [3.8, 4) is 5.75 Å². The Bertz CT molecular complexity index is 1100. The zero-order chi connectivity index (χ0) is 23.6. The fraction of sp³-hybridized carbons (Fsp3) is 0.160. The Morgan fingerprint density at radius 2 is 1.30 bits per heavy atom. The average molecular weight is 464 g/mol. The summed E-state index contributed by atoms with van der Waals surface area (Å²) in [6.45, 7) is 3.95. The van der Waals surface area contributed by atoms with Gasteiger partial charge in [0.2, 0.25) is 11.8 Å². The first-order valence-electron chi connectivity index (χ1n) is 10.4. The molecule has 0 aliphatic heterocycles. The Labute approximate surface area is 196 Å². The molecule has 0 aliphatic rings. The Kier molecular flexibility index (Phi) is 8.49. The van der Waals surface area contributed by atoms with Gasteiger partial charge in [0.05, 0.1) is 12.4 Å². The van der Waals surface area contributed by atoms with Crippen LogP contribution in [0, 0.1) is 0 Å². The highest BCUT2D eigenvalue weighted by Crippen LogP contribution is 2.21. The van der Waals surface area contributed by atoms with E-state index in [0.717, 1.165) is 10.6 Å². The molecule has 0 heterocycles. The van der Waals surface area contributed by atoms with Gasteiger partial charge in [0.1, 0.15) is 5.75 Å². The molecule has 0 radical (unpaired) electrons. The van der Waals surface area contributed by atoms with Gasteiger partial charge in [-0.15, -0.1) is 11.8 Å². The van der Waals surface area contributed by atoms with Gasteiger partial charge < -0.3 is 20.7 Å². The molecule has 33 heavy (non-hydrogen) atoms. The number of carbonyl (C=O) groups is 3. The second kappa shape index (κ2) is 11.7. The summed E-state index contributed by atoms with van der Waals surface area (Å²) < 4.78 is 5.39. The maximum Gasteiger partial charge on any atom is 0.255 e. The lowest BCUT2D eigenvalue weighted by Gasteiger charge is -2.09. The number of nitrogens with one attached hydrogen (secondary N) is 3. The quantitative estimate of drug-likeness (QED) is 0.387. The van der Waals surface area contributed by atoms with Crippen LogP contribution >= 0.6 is 11.8 Å². The molecule has 3 rings (SSSR count). The van der Waals surface area contributed by atoms with Crippen LogP contribution in [0.25, 0.3) is 0 Å². The number of ether oxygens (including phenoxy) is 1. The first-order valence-corrected chi connectivity index (χ1v) is 11.4. The summed E-state index contributed by atoms with van der Waals surface area (Å²) in [5, 5.41) is 8.35. The van der Waals surface area contributed by atoms with Crippen molar-refractivity contribution in [2.24, 2.45) is 0 Å². The van der Waals surface area contributed by atoms with Crippen molar-refractivity contribution >= 4 is 46.5 Å². The first kappa shape index (κ1) is 23.9. The van der Waals surface area contributed by atoms with E-state index in [1.54, 1.807) is 60.7 Å². The van der Waals surface area contributed by atoms with Gasteiger partial charge in [0, 0.05) is 34.4 Å². The van der Waals surface area contributed by atoms with E-state index in [1.807, 2.05) is 19.1 Å². The number of amides is 3. The van der Waals surface area contributed by atoms with Crippen LogP contribution < -0.4 is 20.7 Å². The third-order valence-electron chi connectivity index (χ3n) is 4.40. The first-order chi connectivity index (χ1) is 15.9. The minimum absolute atomic E-state index is 0.130. The maximum absolute atomic E-state index is 12.4. The van der Waals surface area contributed by atoms with E-state index in [0.29, 0.717) is 29.2 Å². The Balaban J connectivity index is 1.47. The van der Waals surface area contributed by atoms with Gasteiger partial charge in [-0.25, -0.2) is 0 Å². The molecule has 0 aromatic heterocycles. The third kappa shape index (κ3) is 7.69. The summed E-state index contributed by atoms with van der Waals surface area (Å²) in [4.78, 5) is 36.7. The molecule has 0 aliphatic carbocycles. The van der Waals surface area contributed by atoms with Crippen LogP contribution in [0.15, 0.2) is 77.7 Å². The van der Waals surface area contributed by atoms with Crippen molar-refractivity contribution < 1.29 is 19.1 Å². The molecule has 0 unspecified atom stereocenters. The Morgan fingerprint density at radius 1 is 0.758 bits per heavy atom. The Hall–Kier alpha value is -3.78. The largest absolute Gasteiger partial charge is 0.494 e. The summed E-state index contributed by atoms with van der Waals surface area (Å²) >= 11 is 1.39. The van der Waals surface area contributed by atoms with Crippen molar-refractivity contribution in [3.05, 3.63) is 78.4 Å². The van der Waals surface area contributed by atoms with Crippen LogP contribution in [0.1, 0.15) is 24.2 Å². The molecule has 7 nitrogen and oxygen atoms in total. The second-order valence-electron chi connectivity index (χ2n) is 7.03. The minimum Gasteiger partial charge on any atom is -0.494 e. The molecule has 8 heteroatoms. The molecule has 0 atom stereocenters. The fourth-order valence-corrected chi connectivity index (χ4v) is 3.59. The van der Waals surface area contributed by atoms with E-state index in [1.165, 1.54) is 18.7 Å². The standard InChI is InChI=1S/C25H25N3O4S/c1-3-32-22-12-8-21(9-13-22)28-25(31)18-4-6-20(7-5-18)27-24(30)16-33-23-14-10-19(11-15-23)26-17(2)29/h4-15H,3,16H2,1-2H3,(H,26,29)(H,27,30)(H,28,31). The van der Waals surface area contributed by atoms with Crippen LogP contribution in [0.4, 0.5) is 17.1 Å². The van der Waals surface area contributed by atoms with Crippen molar-refractivity contribution in [1.82, 2.24) is 0 Å². The SMILES string of the molecule is CCOc1ccc(NC(=O)c2ccc(NC(=O)CSc3ccc(NC(C)=O)cc3)cc2)cc1. The molecular formula is C25H25N3O4S. The van der Waals surface area contributed by atoms with E-state index in [2.05, 4.69) is 16.0 Å². The highest BCUT2D eigenvalue weighted by atomic mass is 32.2. The molecule has 0 fully saturated rings. The molecule has 0 spiro atoms. The van der Waals surface area contributed by atoms with Crippen LogP contribution in [0.3, 0.4) is 0 Å². The zero-order valence-electron chi connectivity index (χ0n) is 18.4. The van der Waals surface area contributed by atoms with Crippen LogP contribution in [0.2, 0.25) is 0 Å². The molecule has 0 saturated heterocycles. The van der Waals surface area contributed by atoms with Gasteiger partial charge in [0.25, 0.3) is 5.91 Å². The van der Waals surface area contributed by atoms with E-state index in [4.69, 9.17) is 4.74 Å². The number of anilines is 3. The molecule has 3 aromatic carbocycles. The average Bonchev–Trinajstić information content (AvgIpc) is 2.80. The van der Waals surface area contributed by atoms with Gasteiger partial charge in [0.15, 0.2) is 0 Å². The topological polar surface area (TPSA) is 96.5 Å². The van der Waals surface area contributed by atoms with E-state index in [-0.39, 0.29) is 23.5 Å². The van der Waals surface area contributed by atoms with Gasteiger partial charge >= 0.3 is 0 Å². The molecule has 3 amide bonds. The number of hydrogen-bond donors (Lipinski definition) is 3. The Morgan fingerprint density at radius 3 is 1.91 bits per heavy atom. The lowest BCUT2D eigenvalue weighted by Crippen LogP contribution is -2.15. The molecule has 3 N–H and O–H groups in total. The third-order valence-corrected chi connectivity index (χ3v) is 5.41. The monoisotopic (exact) mass is 463 g/mol. The summed E-state index contributed by atoms with van der Waals surface area (Å²) in [5.74, 6) is 0.456. The predicted molar refractivity (Wildman–Crippen MR) is 132 cm³/mol. The summed E-state index contributed by atoms with van der Waals surface area (Å²) in [6.07, 6.45) is 0. The smallest absolute Gasteiger partial charge is 0.255 e. The van der Waals surface area contributed by atoms with Crippen molar-refractivity contribution in [2.45, 2.75) is 18.7 Å². The molecular weight excluding hydrogens is 438 g/mol. The van der Waals surface area contributed by atoms with Crippen molar-refractivity contribution in [2.75, 3.05) is 28.3 Å². The van der Waals surface area contributed by atoms with Gasteiger partial charge in [-0.3, -0.25) is 14.4 Å². The van der Waals surface area contributed by atoms with Crippen LogP contribution in [-0.2, 0) is 9.59 Å². The van der Waals surface area contributed by atoms with E-state index < -0.39 is 0 Å². The summed E-state index contributed by atoms with van der Waals surface area (Å²) in [7, 11) is 0. The highest BCUT2D eigenvalue weighted by molar-refractivity contribution is 8.00. The number of carbonyl (C=O) groups excluding carboxylic acids is 3. The molecule has 0 saturated carbocycles. The summed E-state index contributed by atoms with van der Waals surface area (Å²) in [6, 6.07) is 21.1. The normalized spacial score (nSPS) is 10.2. The molecule has 170 valence electrons. The number of hydrogen-bond acceptors (Lipinski definition) is 5. The van der Waals surface area contributed by atoms with Crippen LogP contribution in [0.5, 0.6) is 5.75 Å². The van der Waals surface area contributed by atoms with Gasteiger partial charge in [-0.2, -0.15) is 0 Å². The van der Waals surface area contributed by atoms with Crippen LogP contribution in [-0.4, -0.2) is 30.1 Å². The van der Waals surface area contributed by atoms with Crippen molar-refractivity contribution in [3.63, 3.8) is 0 Å². The lowest BCUT2D eigenvalue weighted by atomic mass is 10.2. The van der Waals surface area contributed by atoms with Crippen molar-refractivity contribution in [1.29, 1.82) is 0 Å². The lowest BCUT2D eigenvalue weighted by molar-refractivity contribution is -0.114. The number of rotatable bonds is 9. The number of benzene rings is 3. The van der Waals surface area contributed by atoms with Gasteiger partial charge in [-0.05, 0) is 79.7 Å². The van der Waals surface area contributed by atoms with Gasteiger partial charge in [-0.1, -0.05) is 0 Å². The minimum atomic E-state index is -0.240. The maximum atomic E-state index is 12.4. The number of thioether (sulfide) groups is 1. The fourth-order valence-electron chi connectivity index (χ4n) is 2.89.